The smallest absolute Gasteiger partial charge is 0.303 e. The lowest BCUT2D eigenvalue weighted by Gasteiger charge is -2.16. The Morgan fingerprint density at radius 1 is 1.22 bits per heavy atom. The first-order valence-corrected chi connectivity index (χ1v) is 7.08. The first kappa shape index (κ1) is 16.5. The quantitative estimate of drug-likeness (QED) is 0.825. The summed E-state index contributed by atoms with van der Waals surface area (Å²) in [6.45, 7) is 1.58. The van der Waals surface area contributed by atoms with Gasteiger partial charge in [0.1, 0.15) is 5.75 Å². The Morgan fingerprint density at radius 3 is 2.52 bits per heavy atom. The van der Waals surface area contributed by atoms with E-state index in [-0.39, 0.29) is 0 Å². The van der Waals surface area contributed by atoms with Crippen LogP contribution in [-0.4, -0.2) is 24.0 Å². The first-order valence-electron chi connectivity index (χ1n) is 7.08. The molecule has 2 aromatic rings. The third kappa shape index (κ3) is 4.81. The van der Waals surface area contributed by atoms with E-state index in [1.54, 1.807) is 25.4 Å². The maximum Gasteiger partial charge on any atom is 0.303 e. The standard InChI is InChI=1S/C17H18N2O4/c1-12(20)23-16(14-4-3-9-18-11-14)17(21)19-10-13-5-7-15(22-2)8-6-13/h3-9,11,16H,10H2,1-2H3,(H,19,21). The average molecular weight is 314 g/mol. The van der Waals surface area contributed by atoms with Crippen molar-refractivity contribution in [1.82, 2.24) is 10.3 Å². The fraction of sp³-hybridized carbons (Fsp3) is 0.235. The Kier molecular flexibility index (Phi) is 5.68. The third-order valence-electron chi connectivity index (χ3n) is 3.13. The number of rotatable bonds is 6. The lowest BCUT2D eigenvalue weighted by Crippen LogP contribution is -2.31. The van der Waals surface area contributed by atoms with Crippen LogP contribution in [0.3, 0.4) is 0 Å². The number of nitrogens with one attached hydrogen (secondary N) is 1. The molecule has 23 heavy (non-hydrogen) atoms. The molecule has 1 aromatic heterocycles. The number of ether oxygens (including phenoxy) is 2. The highest BCUT2D eigenvalue weighted by molar-refractivity contribution is 5.84. The second kappa shape index (κ2) is 7.93. The van der Waals surface area contributed by atoms with E-state index >= 15 is 0 Å². The summed E-state index contributed by atoms with van der Waals surface area (Å²) in [5.74, 6) is -0.185. The van der Waals surface area contributed by atoms with Crippen molar-refractivity contribution in [2.24, 2.45) is 0 Å². The Labute approximate surface area is 134 Å². The van der Waals surface area contributed by atoms with Crippen LogP contribution in [0.1, 0.15) is 24.2 Å². The molecule has 0 saturated heterocycles. The lowest BCUT2D eigenvalue weighted by molar-refractivity contribution is -0.154. The fourth-order valence-electron chi connectivity index (χ4n) is 2.00. The van der Waals surface area contributed by atoms with Crippen LogP contribution in [0, 0.1) is 0 Å². The SMILES string of the molecule is COc1ccc(CNC(=O)C(OC(C)=O)c2cccnc2)cc1. The molecule has 6 heteroatoms. The van der Waals surface area contributed by atoms with Gasteiger partial charge in [0.25, 0.3) is 5.91 Å². The number of hydrogen-bond acceptors (Lipinski definition) is 5. The molecular weight excluding hydrogens is 296 g/mol. The summed E-state index contributed by atoms with van der Waals surface area (Å²) in [6, 6.07) is 10.7. The Bertz CT molecular complexity index is 656. The van der Waals surface area contributed by atoms with Gasteiger partial charge in [-0.1, -0.05) is 18.2 Å². The number of hydrogen-bond donors (Lipinski definition) is 1. The fourth-order valence-corrected chi connectivity index (χ4v) is 2.00. The predicted octanol–water partition coefficient (Wildman–Crippen LogP) is 2.01. The number of benzene rings is 1. The third-order valence-corrected chi connectivity index (χ3v) is 3.13. The molecule has 6 nitrogen and oxygen atoms in total. The van der Waals surface area contributed by atoms with E-state index in [4.69, 9.17) is 9.47 Å². The van der Waals surface area contributed by atoms with E-state index in [9.17, 15) is 9.59 Å². The van der Waals surface area contributed by atoms with Crippen LogP contribution < -0.4 is 10.1 Å². The van der Waals surface area contributed by atoms with Crippen molar-refractivity contribution in [3.63, 3.8) is 0 Å². The van der Waals surface area contributed by atoms with Gasteiger partial charge in [-0.05, 0) is 23.8 Å². The van der Waals surface area contributed by atoms with Gasteiger partial charge in [0, 0.05) is 31.4 Å². The van der Waals surface area contributed by atoms with Crippen molar-refractivity contribution in [3.8, 4) is 5.75 Å². The highest BCUT2D eigenvalue weighted by Gasteiger charge is 2.23. The van der Waals surface area contributed by atoms with E-state index in [0.717, 1.165) is 11.3 Å². The number of methoxy groups -OCH3 is 1. The van der Waals surface area contributed by atoms with Crippen LogP contribution in [-0.2, 0) is 20.9 Å². The number of aromatic nitrogens is 1. The number of esters is 1. The Balaban J connectivity index is 2.03. The zero-order chi connectivity index (χ0) is 16.7. The summed E-state index contributed by atoms with van der Waals surface area (Å²) in [7, 11) is 1.59. The second-order valence-electron chi connectivity index (χ2n) is 4.84. The summed E-state index contributed by atoms with van der Waals surface area (Å²) < 4.78 is 10.2. The number of pyridine rings is 1. The minimum absolute atomic E-state index is 0.320. The normalized spacial score (nSPS) is 11.4. The molecule has 120 valence electrons. The molecule has 0 aliphatic heterocycles. The lowest BCUT2D eigenvalue weighted by atomic mass is 10.1. The zero-order valence-corrected chi connectivity index (χ0v) is 13.0. The minimum atomic E-state index is -1.01. The molecular formula is C17H18N2O4. The number of carbonyl (C=O) groups is 2. The van der Waals surface area contributed by atoms with E-state index < -0.39 is 18.0 Å². The van der Waals surface area contributed by atoms with Gasteiger partial charge in [0.15, 0.2) is 0 Å². The van der Waals surface area contributed by atoms with Gasteiger partial charge < -0.3 is 14.8 Å². The molecule has 0 aliphatic carbocycles. The largest absolute Gasteiger partial charge is 0.497 e. The van der Waals surface area contributed by atoms with Crippen molar-refractivity contribution in [1.29, 1.82) is 0 Å². The average Bonchev–Trinajstić information content (AvgIpc) is 2.58. The summed E-state index contributed by atoms with van der Waals surface area (Å²) >= 11 is 0. The zero-order valence-electron chi connectivity index (χ0n) is 13.0. The molecule has 0 radical (unpaired) electrons. The topological polar surface area (TPSA) is 77.5 Å². The van der Waals surface area contributed by atoms with Gasteiger partial charge >= 0.3 is 5.97 Å². The molecule has 1 heterocycles. The van der Waals surface area contributed by atoms with E-state index in [0.29, 0.717) is 12.1 Å². The van der Waals surface area contributed by atoms with E-state index in [2.05, 4.69) is 10.3 Å². The van der Waals surface area contributed by atoms with E-state index in [1.807, 2.05) is 24.3 Å². The van der Waals surface area contributed by atoms with Gasteiger partial charge in [-0.2, -0.15) is 0 Å². The van der Waals surface area contributed by atoms with Crippen LogP contribution in [0.25, 0.3) is 0 Å². The van der Waals surface area contributed by atoms with Crippen molar-refractivity contribution in [2.75, 3.05) is 7.11 Å². The molecule has 1 N–H and O–H groups in total. The van der Waals surface area contributed by atoms with Crippen LogP contribution in [0.2, 0.25) is 0 Å². The van der Waals surface area contributed by atoms with Gasteiger partial charge in [-0.3, -0.25) is 14.6 Å². The molecule has 0 bridgehead atoms. The van der Waals surface area contributed by atoms with Gasteiger partial charge in [-0.15, -0.1) is 0 Å². The summed E-state index contributed by atoms with van der Waals surface area (Å²) in [5.41, 5.74) is 1.43. The molecule has 0 aliphatic rings. The van der Waals surface area contributed by atoms with Crippen LogP contribution >= 0.6 is 0 Å². The minimum Gasteiger partial charge on any atom is -0.497 e. The maximum atomic E-state index is 12.3. The second-order valence-corrected chi connectivity index (χ2v) is 4.84. The number of carbonyl (C=O) groups excluding carboxylic acids is 2. The first-order chi connectivity index (χ1) is 11.1. The molecule has 2 rings (SSSR count). The van der Waals surface area contributed by atoms with Gasteiger partial charge in [-0.25, -0.2) is 0 Å². The number of amides is 1. The van der Waals surface area contributed by atoms with Gasteiger partial charge in [0.2, 0.25) is 6.10 Å². The molecule has 0 spiro atoms. The van der Waals surface area contributed by atoms with Crippen molar-refractivity contribution < 1.29 is 19.1 Å². The highest BCUT2D eigenvalue weighted by Crippen LogP contribution is 2.17. The van der Waals surface area contributed by atoms with Gasteiger partial charge in [0.05, 0.1) is 7.11 Å². The van der Waals surface area contributed by atoms with Crippen molar-refractivity contribution >= 4 is 11.9 Å². The summed E-state index contributed by atoms with van der Waals surface area (Å²) in [4.78, 5) is 27.5. The Morgan fingerprint density at radius 2 is 1.96 bits per heavy atom. The predicted molar refractivity (Wildman–Crippen MR) is 83.6 cm³/mol. The van der Waals surface area contributed by atoms with Crippen LogP contribution in [0.15, 0.2) is 48.8 Å². The Hall–Kier alpha value is -2.89. The van der Waals surface area contributed by atoms with Crippen molar-refractivity contribution in [2.45, 2.75) is 19.6 Å². The molecule has 1 unspecified atom stereocenters. The molecule has 0 saturated carbocycles. The monoisotopic (exact) mass is 314 g/mol. The molecule has 0 fully saturated rings. The summed E-state index contributed by atoms with van der Waals surface area (Å²) in [5, 5.41) is 2.76. The van der Waals surface area contributed by atoms with Crippen LogP contribution in [0.5, 0.6) is 5.75 Å². The number of nitrogens with zero attached hydrogens (tertiary/aromatic N) is 1. The van der Waals surface area contributed by atoms with E-state index in [1.165, 1.54) is 13.1 Å². The molecule has 1 atom stereocenters. The maximum absolute atomic E-state index is 12.3. The van der Waals surface area contributed by atoms with Crippen molar-refractivity contribution in [3.05, 3.63) is 59.9 Å². The highest BCUT2D eigenvalue weighted by atomic mass is 16.5. The molecule has 1 amide bonds. The summed E-state index contributed by atoms with van der Waals surface area (Å²) in [6.07, 6.45) is 2.07. The van der Waals surface area contributed by atoms with Crippen LogP contribution in [0.4, 0.5) is 0 Å². The molecule has 1 aromatic carbocycles.